The van der Waals surface area contributed by atoms with Gasteiger partial charge in [0.25, 0.3) is 0 Å². The van der Waals surface area contributed by atoms with Crippen molar-refractivity contribution in [3.8, 4) is 0 Å². The van der Waals surface area contributed by atoms with E-state index in [4.69, 9.17) is 5.73 Å². The van der Waals surface area contributed by atoms with Crippen molar-refractivity contribution >= 4 is 5.91 Å². The molecular formula is C13H18F2N2O. The highest BCUT2D eigenvalue weighted by molar-refractivity contribution is 5.76. The Labute approximate surface area is 105 Å². The van der Waals surface area contributed by atoms with E-state index in [1.165, 1.54) is 18.2 Å². The predicted molar refractivity (Wildman–Crippen MR) is 65.9 cm³/mol. The first-order valence-corrected chi connectivity index (χ1v) is 5.88. The maximum atomic E-state index is 13.4. The van der Waals surface area contributed by atoms with E-state index in [0.29, 0.717) is 0 Å². The number of carbonyl (C=O) groups is 1. The summed E-state index contributed by atoms with van der Waals surface area (Å²) in [4.78, 5) is 11.4. The molecule has 5 heteroatoms. The maximum absolute atomic E-state index is 13.4. The summed E-state index contributed by atoms with van der Waals surface area (Å²) in [5.74, 6) is -1.40. The zero-order valence-electron chi connectivity index (χ0n) is 10.5. The monoisotopic (exact) mass is 256 g/mol. The van der Waals surface area contributed by atoms with Crippen LogP contribution in [0.2, 0.25) is 0 Å². The number of nitrogens with one attached hydrogen (secondary N) is 1. The van der Waals surface area contributed by atoms with Crippen molar-refractivity contribution in [2.24, 2.45) is 5.73 Å². The van der Waals surface area contributed by atoms with Crippen LogP contribution in [0.4, 0.5) is 8.78 Å². The zero-order chi connectivity index (χ0) is 13.7. The van der Waals surface area contributed by atoms with E-state index in [1.54, 1.807) is 13.8 Å². The lowest BCUT2D eigenvalue weighted by Crippen LogP contribution is -2.37. The molecule has 3 N–H and O–H groups in total. The van der Waals surface area contributed by atoms with E-state index in [-0.39, 0.29) is 36.4 Å². The third-order valence-electron chi connectivity index (χ3n) is 2.49. The lowest BCUT2D eigenvalue weighted by Gasteiger charge is -2.15. The van der Waals surface area contributed by atoms with Gasteiger partial charge in [-0.1, -0.05) is 6.07 Å². The average Bonchev–Trinajstić information content (AvgIpc) is 2.22. The van der Waals surface area contributed by atoms with Crippen LogP contribution < -0.4 is 11.1 Å². The van der Waals surface area contributed by atoms with Crippen molar-refractivity contribution in [2.75, 3.05) is 0 Å². The summed E-state index contributed by atoms with van der Waals surface area (Å²) in [6, 6.07) is 3.14. The molecule has 1 aromatic rings. The number of carbonyl (C=O) groups excluding carboxylic acids is 1. The largest absolute Gasteiger partial charge is 0.353 e. The molecule has 0 bridgehead atoms. The minimum Gasteiger partial charge on any atom is -0.353 e. The fourth-order valence-electron chi connectivity index (χ4n) is 1.71. The molecule has 0 saturated heterocycles. The molecule has 0 aliphatic heterocycles. The van der Waals surface area contributed by atoms with Gasteiger partial charge in [0.2, 0.25) is 5.91 Å². The van der Waals surface area contributed by atoms with Crippen molar-refractivity contribution in [1.82, 2.24) is 5.32 Å². The summed E-state index contributed by atoms with van der Waals surface area (Å²) in [6.07, 6.45) is 0.313. The van der Waals surface area contributed by atoms with Crippen LogP contribution >= 0.6 is 0 Å². The predicted octanol–water partition coefficient (Wildman–Crippen LogP) is 1.75. The molecule has 0 aliphatic carbocycles. The van der Waals surface area contributed by atoms with E-state index in [2.05, 4.69) is 5.32 Å². The normalized spacial score (nSPS) is 14.1. The first-order chi connectivity index (χ1) is 8.40. The number of nitrogens with two attached hydrogens (primary N) is 1. The van der Waals surface area contributed by atoms with Crippen LogP contribution in [0.5, 0.6) is 0 Å². The van der Waals surface area contributed by atoms with Gasteiger partial charge < -0.3 is 11.1 Å². The Hall–Kier alpha value is -1.49. The van der Waals surface area contributed by atoms with Crippen LogP contribution in [-0.2, 0) is 11.2 Å². The van der Waals surface area contributed by atoms with Gasteiger partial charge in [0, 0.05) is 24.1 Å². The number of hydrogen-bond acceptors (Lipinski definition) is 2. The minimum atomic E-state index is -0.594. The van der Waals surface area contributed by atoms with Gasteiger partial charge in [-0.25, -0.2) is 8.78 Å². The Morgan fingerprint density at radius 2 is 1.89 bits per heavy atom. The molecule has 2 atom stereocenters. The van der Waals surface area contributed by atoms with Crippen molar-refractivity contribution in [1.29, 1.82) is 0 Å². The molecule has 0 spiro atoms. The number of amides is 1. The van der Waals surface area contributed by atoms with Gasteiger partial charge >= 0.3 is 0 Å². The smallest absolute Gasteiger partial charge is 0.221 e. The van der Waals surface area contributed by atoms with Gasteiger partial charge in [-0.15, -0.1) is 0 Å². The molecule has 0 radical (unpaired) electrons. The second-order valence-electron chi connectivity index (χ2n) is 4.55. The van der Waals surface area contributed by atoms with Crippen LogP contribution in [-0.4, -0.2) is 18.0 Å². The molecule has 0 saturated carbocycles. The van der Waals surface area contributed by atoms with E-state index < -0.39 is 11.6 Å². The van der Waals surface area contributed by atoms with Gasteiger partial charge in [0.15, 0.2) is 0 Å². The zero-order valence-corrected chi connectivity index (χ0v) is 10.5. The third-order valence-corrected chi connectivity index (χ3v) is 2.49. The number of rotatable bonds is 5. The lowest BCUT2D eigenvalue weighted by atomic mass is 10.1. The van der Waals surface area contributed by atoms with Crippen molar-refractivity contribution in [3.05, 3.63) is 35.4 Å². The minimum absolute atomic E-state index is 0.00824. The summed E-state index contributed by atoms with van der Waals surface area (Å²) >= 11 is 0. The van der Waals surface area contributed by atoms with E-state index in [0.717, 1.165) is 0 Å². The Morgan fingerprint density at radius 3 is 2.39 bits per heavy atom. The van der Waals surface area contributed by atoms with Crippen LogP contribution in [0.25, 0.3) is 0 Å². The van der Waals surface area contributed by atoms with Gasteiger partial charge in [-0.2, -0.15) is 0 Å². The van der Waals surface area contributed by atoms with Crippen molar-refractivity contribution in [2.45, 2.75) is 38.8 Å². The first kappa shape index (κ1) is 14.6. The molecule has 18 heavy (non-hydrogen) atoms. The standard InChI is InChI=1S/C13H18F2N2O/c1-8(16)6-13(18)17-9(2)7-10-11(14)4-3-5-12(10)15/h3-5,8-9H,6-7,16H2,1-2H3,(H,17,18). The highest BCUT2D eigenvalue weighted by Gasteiger charge is 2.14. The fourth-order valence-corrected chi connectivity index (χ4v) is 1.71. The van der Waals surface area contributed by atoms with E-state index in [1.807, 2.05) is 0 Å². The highest BCUT2D eigenvalue weighted by atomic mass is 19.1. The molecule has 0 aromatic heterocycles. The quantitative estimate of drug-likeness (QED) is 0.843. The molecule has 1 aromatic carbocycles. The molecule has 0 fully saturated rings. The molecule has 100 valence electrons. The van der Waals surface area contributed by atoms with Crippen molar-refractivity contribution < 1.29 is 13.6 Å². The summed E-state index contributed by atoms with van der Waals surface area (Å²) in [5.41, 5.74) is 5.48. The summed E-state index contributed by atoms with van der Waals surface area (Å²) < 4.78 is 26.8. The second-order valence-corrected chi connectivity index (χ2v) is 4.55. The Bertz CT molecular complexity index is 401. The lowest BCUT2D eigenvalue weighted by molar-refractivity contribution is -0.121. The number of halogens is 2. The molecule has 1 rings (SSSR count). The molecule has 2 unspecified atom stereocenters. The molecule has 0 heterocycles. The average molecular weight is 256 g/mol. The Balaban J connectivity index is 2.59. The van der Waals surface area contributed by atoms with E-state index in [9.17, 15) is 13.6 Å². The molecule has 1 amide bonds. The fraction of sp³-hybridized carbons (Fsp3) is 0.462. The Kier molecular flexibility index (Phi) is 5.22. The molecule has 3 nitrogen and oxygen atoms in total. The van der Waals surface area contributed by atoms with E-state index >= 15 is 0 Å². The van der Waals surface area contributed by atoms with Crippen LogP contribution in [0.1, 0.15) is 25.8 Å². The van der Waals surface area contributed by atoms with Gasteiger partial charge in [0.05, 0.1) is 0 Å². The SMILES string of the molecule is CC(N)CC(=O)NC(C)Cc1c(F)cccc1F. The van der Waals surface area contributed by atoms with Crippen molar-refractivity contribution in [3.63, 3.8) is 0 Å². The van der Waals surface area contributed by atoms with Gasteiger partial charge in [-0.05, 0) is 32.4 Å². The first-order valence-electron chi connectivity index (χ1n) is 5.88. The van der Waals surface area contributed by atoms with Crippen LogP contribution in [0, 0.1) is 11.6 Å². The molecular weight excluding hydrogens is 238 g/mol. The summed E-state index contributed by atoms with van der Waals surface area (Å²) in [6.45, 7) is 3.42. The number of hydrogen-bond donors (Lipinski definition) is 2. The number of benzene rings is 1. The Morgan fingerprint density at radius 1 is 1.33 bits per heavy atom. The maximum Gasteiger partial charge on any atom is 0.221 e. The third kappa shape index (κ3) is 4.41. The van der Waals surface area contributed by atoms with Gasteiger partial charge in [-0.3, -0.25) is 4.79 Å². The van der Waals surface area contributed by atoms with Gasteiger partial charge in [0.1, 0.15) is 11.6 Å². The topological polar surface area (TPSA) is 55.1 Å². The second kappa shape index (κ2) is 6.44. The summed E-state index contributed by atoms with van der Waals surface area (Å²) in [5, 5.41) is 2.66. The summed E-state index contributed by atoms with van der Waals surface area (Å²) in [7, 11) is 0. The highest BCUT2D eigenvalue weighted by Crippen LogP contribution is 2.14. The van der Waals surface area contributed by atoms with Crippen LogP contribution in [0.15, 0.2) is 18.2 Å². The molecule has 0 aliphatic rings. The van der Waals surface area contributed by atoms with Crippen LogP contribution in [0.3, 0.4) is 0 Å².